The Morgan fingerprint density at radius 1 is 1.73 bits per heavy atom. The molecule has 1 fully saturated rings. The minimum atomic E-state index is -0.860. The molecule has 1 amide bonds. The highest BCUT2D eigenvalue weighted by molar-refractivity contribution is 5.65. The number of hydrogen-bond donors (Lipinski definition) is 2. The Bertz CT molecular complexity index is 168. The van der Waals surface area contributed by atoms with Gasteiger partial charge in [0.1, 0.15) is 0 Å². The summed E-state index contributed by atoms with van der Waals surface area (Å²) in [6.07, 6.45) is 0.928. The number of likely N-dealkylation sites (tertiary alicyclic amines) is 1. The third-order valence-corrected chi connectivity index (χ3v) is 2.00. The summed E-state index contributed by atoms with van der Waals surface area (Å²) in [4.78, 5) is 11.9. The normalized spacial score (nSPS) is 32.0. The van der Waals surface area contributed by atoms with Crippen LogP contribution in [0.3, 0.4) is 0 Å². The molecule has 1 aliphatic heterocycles. The van der Waals surface area contributed by atoms with Crippen molar-refractivity contribution in [2.24, 2.45) is 5.73 Å². The molecule has 4 heteroatoms. The SMILES string of the molecule is C[C@@]1(N)CCCN(C(=O)O)C1. The lowest BCUT2D eigenvalue weighted by Crippen LogP contribution is -2.53. The van der Waals surface area contributed by atoms with E-state index >= 15 is 0 Å². The topological polar surface area (TPSA) is 66.6 Å². The third kappa shape index (κ3) is 2.08. The van der Waals surface area contributed by atoms with Gasteiger partial charge in [0.15, 0.2) is 0 Å². The Kier molecular flexibility index (Phi) is 2.04. The Hall–Kier alpha value is -0.770. The molecule has 1 saturated heterocycles. The number of amides is 1. The highest BCUT2D eigenvalue weighted by Gasteiger charge is 2.29. The number of rotatable bonds is 0. The molecule has 0 bridgehead atoms. The first-order chi connectivity index (χ1) is 5.01. The molecule has 1 rings (SSSR count). The Labute approximate surface area is 66.0 Å². The first-order valence-electron chi connectivity index (χ1n) is 3.78. The molecule has 0 aromatic carbocycles. The van der Waals surface area contributed by atoms with Crippen LogP contribution in [0.25, 0.3) is 0 Å². The maximum Gasteiger partial charge on any atom is 0.407 e. The lowest BCUT2D eigenvalue weighted by atomic mass is 9.93. The van der Waals surface area contributed by atoms with Crippen LogP contribution in [0.5, 0.6) is 0 Å². The van der Waals surface area contributed by atoms with E-state index in [1.807, 2.05) is 6.92 Å². The van der Waals surface area contributed by atoms with Gasteiger partial charge in [-0.3, -0.25) is 0 Å². The second kappa shape index (κ2) is 2.70. The van der Waals surface area contributed by atoms with Crippen molar-refractivity contribution in [2.75, 3.05) is 13.1 Å². The number of carbonyl (C=O) groups is 1. The molecule has 0 radical (unpaired) electrons. The fourth-order valence-electron chi connectivity index (χ4n) is 1.43. The Balaban J connectivity index is 2.53. The molecule has 0 saturated carbocycles. The van der Waals surface area contributed by atoms with Crippen LogP contribution in [0.15, 0.2) is 0 Å². The highest BCUT2D eigenvalue weighted by Crippen LogP contribution is 2.17. The molecule has 0 unspecified atom stereocenters. The van der Waals surface area contributed by atoms with E-state index in [9.17, 15) is 4.79 Å². The van der Waals surface area contributed by atoms with E-state index in [0.717, 1.165) is 12.8 Å². The highest BCUT2D eigenvalue weighted by atomic mass is 16.4. The molecular formula is C7H14N2O2. The van der Waals surface area contributed by atoms with Gasteiger partial charge in [0.25, 0.3) is 0 Å². The molecule has 1 aliphatic rings. The largest absolute Gasteiger partial charge is 0.465 e. The van der Waals surface area contributed by atoms with E-state index in [1.54, 1.807) is 0 Å². The molecular weight excluding hydrogens is 144 g/mol. The summed E-state index contributed by atoms with van der Waals surface area (Å²) in [5, 5.41) is 8.64. The molecule has 1 atom stereocenters. The van der Waals surface area contributed by atoms with Crippen LogP contribution in [0.4, 0.5) is 4.79 Å². The monoisotopic (exact) mass is 158 g/mol. The van der Waals surface area contributed by atoms with E-state index in [2.05, 4.69) is 0 Å². The molecule has 0 aliphatic carbocycles. The van der Waals surface area contributed by atoms with Crippen molar-refractivity contribution in [3.63, 3.8) is 0 Å². The summed E-state index contributed by atoms with van der Waals surface area (Å²) in [5.41, 5.74) is 5.48. The predicted molar refractivity (Wildman–Crippen MR) is 41.4 cm³/mol. The Morgan fingerprint density at radius 3 is 2.73 bits per heavy atom. The van der Waals surface area contributed by atoms with E-state index in [0.29, 0.717) is 13.1 Å². The number of nitrogens with two attached hydrogens (primary N) is 1. The summed E-state index contributed by atoms with van der Waals surface area (Å²) in [6.45, 7) is 2.98. The van der Waals surface area contributed by atoms with E-state index in [-0.39, 0.29) is 5.54 Å². The number of piperidine rings is 1. The van der Waals surface area contributed by atoms with E-state index in [4.69, 9.17) is 10.8 Å². The van der Waals surface area contributed by atoms with Crippen LogP contribution < -0.4 is 5.73 Å². The van der Waals surface area contributed by atoms with Crippen molar-refractivity contribution in [1.82, 2.24) is 4.90 Å². The first-order valence-corrected chi connectivity index (χ1v) is 3.78. The van der Waals surface area contributed by atoms with Gasteiger partial charge in [-0.25, -0.2) is 4.79 Å². The van der Waals surface area contributed by atoms with Gasteiger partial charge >= 0.3 is 6.09 Å². The van der Waals surface area contributed by atoms with E-state index < -0.39 is 6.09 Å². The van der Waals surface area contributed by atoms with Crippen LogP contribution in [0, 0.1) is 0 Å². The zero-order valence-electron chi connectivity index (χ0n) is 6.71. The van der Waals surface area contributed by atoms with Gasteiger partial charge in [-0.15, -0.1) is 0 Å². The minimum absolute atomic E-state index is 0.323. The van der Waals surface area contributed by atoms with Gasteiger partial charge in [0.2, 0.25) is 0 Å². The fraction of sp³-hybridized carbons (Fsp3) is 0.857. The van der Waals surface area contributed by atoms with Crippen LogP contribution in [0.1, 0.15) is 19.8 Å². The zero-order chi connectivity index (χ0) is 8.48. The van der Waals surface area contributed by atoms with Crippen LogP contribution >= 0.6 is 0 Å². The molecule has 4 nitrogen and oxygen atoms in total. The van der Waals surface area contributed by atoms with Crippen LogP contribution in [-0.2, 0) is 0 Å². The maximum atomic E-state index is 10.5. The maximum absolute atomic E-state index is 10.5. The number of carboxylic acid groups (broad SMARTS) is 1. The van der Waals surface area contributed by atoms with Gasteiger partial charge in [-0.2, -0.15) is 0 Å². The van der Waals surface area contributed by atoms with Crippen molar-refractivity contribution in [1.29, 1.82) is 0 Å². The predicted octanol–water partition coefficient (Wildman–Crippen LogP) is 0.478. The third-order valence-electron chi connectivity index (χ3n) is 2.00. The molecule has 3 N–H and O–H groups in total. The van der Waals surface area contributed by atoms with Crippen LogP contribution in [0.2, 0.25) is 0 Å². The molecule has 64 valence electrons. The van der Waals surface area contributed by atoms with Crippen molar-refractivity contribution in [2.45, 2.75) is 25.3 Å². The summed E-state index contributed by atoms with van der Waals surface area (Å²) >= 11 is 0. The van der Waals surface area contributed by atoms with Crippen molar-refractivity contribution < 1.29 is 9.90 Å². The molecule has 0 aromatic rings. The quantitative estimate of drug-likeness (QED) is 0.538. The minimum Gasteiger partial charge on any atom is -0.465 e. The summed E-state index contributed by atoms with van der Waals surface area (Å²) in [5.74, 6) is 0. The second-order valence-electron chi connectivity index (χ2n) is 3.46. The molecule has 0 spiro atoms. The number of nitrogens with zero attached hydrogens (tertiary/aromatic N) is 1. The Morgan fingerprint density at radius 2 is 2.36 bits per heavy atom. The van der Waals surface area contributed by atoms with Crippen molar-refractivity contribution >= 4 is 6.09 Å². The van der Waals surface area contributed by atoms with E-state index in [1.165, 1.54) is 4.90 Å². The smallest absolute Gasteiger partial charge is 0.407 e. The standard InChI is InChI=1S/C7H14N2O2/c1-7(8)3-2-4-9(5-7)6(10)11/h2-5,8H2,1H3,(H,10,11)/t7-/m1/s1. The zero-order valence-corrected chi connectivity index (χ0v) is 6.71. The van der Waals surface area contributed by atoms with Gasteiger partial charge in [-0.1, -0.05) is 0 Å². The van der Waals surface area contributed by atoms with Crippen LogP contribution in [-0.4, -0.2) is 34.7 Å². The van der Waals surface area contributed by atoms with Gasteiger partial charge in [0, 0.05) is 18.6 Å². The molecule has 1 heterocycles. The molecule has 11 heavy (non-hydrogen) atoms. The van der Waals surface area contributed by atoms with Gasteiger partial charge in [-0.05, 0) is 19.8 Å². The summed E-state index contributed by atoms with van der Waals surface area (Å²) in [6, 6.07) is 0. The molecule has 0 aromatic heterocycles. The van der Waals surface area contributed by atoms with Crippen molar-refractivity contribution in [3.05, 3.63) is 0 Å². The first kappa shape index (κ1) is 8.33. The lowest BCUT2D eigenvalue weighted by Gasteiger charge is -2.36. The second-order valence-corrected chi connectivity index (χ2v) is 3.46. The van der Waals surface area contributed by atoms with Crippen molar-refractivity contribution in [3.8, 4) is 0 Å². The summed E-state index contributed by atoms with van der Waals surface area (Å²) in [7, 11) is 0. The summed E-state index contributed by atoms with van der Waals surface area (Å²) < 4.78 is 0. The average Bonchev–Trinajstić information content (AvgIpc) is 1.85. The fourth-order valence-corrected chi connectivity index (χ4v) is 1.43. The van der Waals surface area contributed by atoms with Gasteiger partial charge < -0.3 is 15.7 Å². The lowest BCUT2D eigenvalue weighted by molar-refractivity contribution is 0.115. The van der Waals surface area contributed by atoms with Gasteiger partial charge in [0.05, 0.1) is 0 Å². The number of hydrogen-bond acceptors (Lipinski definition) is 2. The average molecular weight is 158 g/mol.